The fraction of sp³-hybridized carbons (Fsp3) is 0.364. The van der Waals surface area contributed by atoms with Crippen molar-refractivity contribution in [1.82, 2.24) is 5.32 Å². The number of hydrogen-bond acceptors (Lipinski definition) is 3. The van der Waals surface area contributed by atoms with Crippen LogP contribution in [0.15, 0.2) is 18.2 Å². The number of hydrogen-bond donors (Lipinski definition) is 2. The molecule has 0 atom stereocenters. The van der Waals surface area contributed by atoms with Gasteiger partial charge in [-0.25, -0.2) is 4.39 Å². The maximum absolute atomic E-state index is 13.4. The number of nitrogens with one attached hydrogen (secondary N) is 1. The Labute approximate surface area is 108 Å². The standard InChI is InChI=1S/C11H12F3NO2S/c12-8-2-1-3-9(17-11(13)14)7(8)6-15-10(16)4-5-18/h1-3,11,18H,4-6H2,(H,15,16). The Balaban J connectivity index is 2.76. The van der Waals surface area contributed by atoms with Gasteiger partial charge in [-0.1, -0.05) is 6.07 Å². The first-order valence-corrected chi connectivity index (χ1v) is 5.77. The van der Waals surface area contributed by atoms with Crippen LogP contribution in [0.1, 0.15) is 12.0 Å². The molecule has 0 fully saturated rings. The summed E-state index contributed by atoms with van der Waals surface area (Å²) in [7, 11) is 0. The van der Waals surface area contributed by atoms with E-state index in [1.165, 1.54) is 12.1 Å². The molecule has 0 aliphatic carbocycles. The van der Waals surface area contributed by atoms with E-state index in [0.29, 0.717) is 5.75 Å². The molecule has 0 aromatic heterocycles. The number of amides is 1. The summed E-state index contributed by atoms with van der Waals surface area (Å²) < 4.78 is 41.8. The van der Waals surface area contributed by atoms with Gasteiger partial charge in [-0.3, -0.25) is 4.79 Å². The first-order chi connectivity index (χ1) is 8.54. The molecule has 0 saturated heterocycles. The molecule has 1 aromatic rings. The van der Waals surface area contributed by atoms with Gasteiger partial charge in [0.25, 0.3) is 0 Å². The molecule has 0 unspecified atom stereocenters. The first kappa shape index (κ1) is 14.7. The summed E-state index contributed by atoms with van der Waals surface area (Å²) in [5.74, 6) is -0.976. The van der Waals surface area contributed by atoms with Crippen LogP contribution in [0, 0.1) is 5.82 Å². The average Bonchev–Trinajstić information content (AvgIpc) is 2.28. The SMILES string of the molecule is O=C(CCS)NCc1c(F)cccc1OC(F)F. The Morgan fingerprint density at radius 2 is 2.17 bits per heavy atom. The molecule has 0 spiro atoms. The maximum Gasteiger partial charge on any atom is 0.387 e. The van der Waals surface area contributed by atoms with Gasteiger partial charge < -0.3 is 10.1 Å². The molecule has 0 saturated carbocycles. The van der Waals surface area contributed by atoms with Crippen molar-refractivity contribution in [1.29, 1.82) is 0 Å². The Morgan fingerprint density at radius 1 is 1.44 bits per heavy atom. The second kappa shape index (κ2) is 7.15. The number of ether oxygens (including phenoxy) is 1. The molecule has 1 N–H and O–H groups in total. The minimum atomic E-state index is -3.04. The zero-order valence-electron chi connectivity index (χ0n) is 9.33. The smallest absolute Gasteiger partial charge is 0.387 e. The van der Waals surface area contributed by atoms with Gasteiger partial charge in [0, 0.05) is 18.5 Å². The van der Waals surface area contributed by atoms with Crippen molar-refractivity contribution in [3.05, 3.63) is 29.6 Å². The second-order valence-electron chi connectivity index (χ2n) is 3.35. The van der Waals surface area contributed by atoms with Crippen LogP contribution < -0.4 is 10.1 Å². The third kappa shape index (κ3) is 4.48. The lowest BCUT2D eigenvalue weighted by Gasteiger charge is -2.12. The molecule has 0 aliphatic rings. The maximum atomic E-state index is 13.4. The van der Waals surface area contributed by atoms with Crippen molar-refractivity contribution in [2.75, 3.05) is 5.75 Å². The van der Waals surface area contributed by atoms with Crippen molar-refractivity contribution in [2.24, 2.45) is 0 Å². The molecular weight excluding hydrogens is 267 g/mol. The Bertz CT molecular complexity index is 415. The number of carbonyl (C=O) groups is 1. The molecular formula is C11H12F3NO2S. The monoisotopic (exact) mass is 279 g/mol. The Hall–Kier alpha value is -1.37. The van der Waals surface area contributed by atoms with Crippen LogP contribution in [0.3, 0.4) is 0 Å². The van der Waals surface area contributed by atoms with Crippen LogP contribution in [-0.2, 0) is 11.3 Å². The highest BCUT2D eigenvalue weighted by Crippen LogP contribution is 2.23. The highest BCUT2D eigenvalue weighted by Gasteiger charge is 2.14. The summed E-state index contributed by atoms with van der Waals surface area (Å²) in [5, 5.41) is 2.40. The summed E-state index contributed by atoms with van der Waals surface area (Å²) in [4.78, 5) is 11.2. The molecule has 1 aromatic carbocycles. The highest BCUT2D eigenvalue weighted by molar-refractivity contribution is 7.80. The number of benzene rings is 1. The van der Waals surface area contributed by atoms with E-state index in [2.05, 4.69) is 22.7 Å². The van der Waals surface area contributed by atoms with E-state index in [1.54, 1.807) is 0 Å². The summed E-state index contributed by atoms with van der Waals surface area (Å²) in [6, 6.07) is 3.58. The fourth-order valence-electron chi connectivity index (χ4n) is 1.29. The largest absolute Gasteiger partial charge is 0.434 e. The Kier molecular flexibility index (Phi) is 5.84. The van der Waals surface area contributed by atoms with Crippen molar-refractivity contribution in [3.8, 4) is 5.75 Å². The van der Waals surface area contributed by atoms with Crippen LogP contribution in [0.4, 0.5) is 13.2 Å². The predicted octanol–water partition coefficient (Wildman–Crippen LogP) is 2.36. The first-order valence-electron chi connectivity index (χ1n) is 5.14. The van der Waals surface area contributed by atoms with Crippen molar-refractivity contribution in [3.63, 3.8) is 0 Å². The zero-order chi connectivity index (χ0) is 13.5. The van der Waals surface area contributed by atoms with E-state index in [9.17, 15) is 18.0 Å². The van der Waals surface area contributed by atoms with Crippen molar-refractivity contribution >= 4 is 18.5 Å². The van der Waals surface area contributed by atoms with E-state index in [-0.39, 0.29) is 30.2 Å². The van der Waals surface area contributed by atoms with E-state index < -0.39 is 12.4 Å². The molecule has 7 heteroatoms. The minimum Gasteiger partial charge on any atom is -0.434 e. The molecule has 0 radical (unpaired) electrons. The number of halogens is 3. The molecule has 100 valence electrons. The van der Waals surface area contributed by atoms with Crippen molar-refractivity contribution in [2.45, 2.75) is 19.6 Å². The van der Waals surface area contributed by atoms with Crippen LogP contribution in [-0.4, -0.2) is 18.3 Å². The highest BCUT2D eigenvalue weighted by atomic mass is 32.1. The third-order valence-corrected chi connectivity index (χ3v) is 2.32. The van der Waals surface area contributed by atoms with Crippen LogP contribution in [0.25, 0.3) is 0 Å². The van der Waals surface area contributed by atoms with Gasteiger partial charge in [-0.2, -0.15) is 21.4 Å². The number of carbonyl (C=O) groups excluding carboxylic acids is 1. The number of rotatable bonds is 6. The normalized spacial score (nSPS) is 10.5. The molecule has 0 heterocycles. The molecule has 0 aliphatic heterocycles. The van der Waals surface area contributed by atoms with E-state index in [0.717, 1.165) is 6.07 Å². The average molecular weight is 279 g/mol. The zero-order valence-corrected chi connectivity index (χ0v) is 10.2. The van der Waals surface area contributed by atoms with Gasteiger partial charge in [0.2, 0.25) is 5.91 Å². The third-order valence-electron chi connectivity index (χ3n) is 2.09. The van der Waals surface area contributed by atoms with Gasteiger partial charge in [0.1, 0.15) is 11.6 Å². The molecule has 0 bridgehead atoms. The van der Waals surface area contributed by atoms with E-state index in [1.807, 2.05) is 0 Å². The quantitative estimate of drug-likeness (QED) is 0.785. The van der Waals surface area contributed by atoms with Gasteiger partial charge in [-0.05, 0) is 17.9 Å². The van der Waals surface area contributed by atoms with Gasteiger partial charge >= 0.3 is 6.61 Å². The van der Waals surface area contributed by atoms with Gasteiger partial charge in [-0.15, -0.1) is 0 Å². The lowest BCUT2D eigenvalue weighted by molar-refractivity contribution is -0.120. The molecule has 1 rings (SSSR count). The lowest BCUT2D eigenvalue weighted by atomic mass is 10.2. The topological polar surface area (TPSA) is 38.3 Å². The summed E-state index contributed by atoms with van der Waals surface area (Å²) in [6.45, 7) is -3.25. The fourth-order valence-corrected chi connectivity index (χ4v) is 1.50. The second-order valence-corrected chi connectivity index (χ2v) is 3.79. The molecule has 1 amide bonds. The molecule has 18 heavy (non-hydrogen) atoms. The number of thiol groups is 1. The van der Waals surface area contributed by atoms with Crippen LogP contribution in [0.5, 0.6) is 5.75 Å². The number of alkyl halides is 2. The molecule has 3 nitrogen and oxygen atoms in total. The van der Waals surface area contributed by atoms with Crippen LogP contribution >= 0.6 is 12.6 Å². The minimum absolute atomic E-state index is 0.106. The predicted molar refractivity (Wildman–Crippen MR) is 63.3 cm³/mol. The van der Waals surface area contributed by atoms with Crippen molar-refractivity contribution < 1.29 is 22.7 Å². The van der Waals surface area contributed by atoms with Gasteiger partial charge in [0.15, 0.2) is 0 Å². The van der Waals surface area contributed by atoms with Crippen LogP contribution in [0.2, 0.25) is 0 Å². The van der Waals surface area contributed by atoms with E-state index >= 15 is 0 Å². The summed E-state index contributed by atoms with van der Waals surface area (Å²) in [5.41, 5.74) is -0.106. The lowest BCUT2D eigenvalue weighted by Crippen LogP contribution is -2.24. The Morgan fingerprint density at radius 3 is 2.78 bits per heavy atom. The summed E-state index contributed by atoms with van der Waals surface area (Å²) >= 11 is 3.87. The summed E-state index contributed by atoms with van der Waals surface area (Å²) in [6.07, 6.45) is 0.169. The van der Waals surface area contributed by atoms with Gasteiger partial charge in [0.05, 0.1) is 0 Å². The van der Waals surface area contributed by atoms with E-state index in [4.69, 9.17) is 0 Å².